The second-order valence-corrected chi connectivity index (χ2v) is 9.63. The van der Waals surface area contributed by atoms with Crippen molar-refractivity contribution in [3.05, 3.63) is 54.4 Å². The lowest BCUT2D eigenvalue weighted by Gasteiger charge is -2.42. The van der Waals surface area contributed by atoms with Gasteiger partial charge in [0, 0.05) is 43.0 Å². The maximum atomic E-state index is 12.6. The van der Waals surface area contributed by atoms with Crippen LogP contribution in [0, 0.1) is 5.41 Å². The van der Waals surface area contributed by atoms with Crippen LogP contribution in [0.3, 0.4) is 0 Å². The van der Waals surface area contributed by atoms with Crippen molar-refractivity contribution < 1.29 is 41.0 Å². The number of hydrogen-bond acceptors (Lipinski definition) is 6. The first-order valence-electron chi connectivity index (χ1n) is 10.1. The number of benzene rings is 1. The van der Waals surface area contributed by atoms with Crippen LogP contribution in [-0.4, -0.2) is 67.7 Å². The Morgan fingerprint density at radius 1 is 1.09 bits per heavy atom. The van der Waals surface area contributed by atoms with Gasteiger partial charge in [0.25, 0.3) is 5.91 Å². The number of likely N-dealkylation sites (tertiary alicyclic amines) is 1. The van der Waals surface area contributed by atoms with E-state index in [1.165, 1.54) is 0 Å². The molecular weight excluding hydrogens is 479 g/mol. The van der Waals surface area contributed by atoms with Crippen molar-refractivity contribution in [2.75, 3.05) is 26.2 Å². The van der Waals surface area contributed by atoms with Gasteiger partial charge in [0.05, 0.1) is 6.61 Å². The number of carbonyl (C=O) groups excluding carboxylic acids is 1. The van der Waals surface area contributed by atoms with Gasteiger partial charge in [-0.15, -0.1) is 0 Å². The number of carboxylic acid groups (broad SMARTS) is 1. The fraction of sp³-hybridized carbons (Fsp3) is 0.381. The molecule has 2 aliphatic rings. The second kappa shape index (κ2) is 9.97. The Hall–Kier alpha value is -3.19. The van der Waals surface area contributed by atoms with Crippen molar-refractivity contribution in [3.8, 4) is 5.75 Å². The van der Waals surface area contributed by atoms with Crippen LogP contribution < -0.4 is 9.46 Å². The van der Waals surface area contributed by atoms with Gasteiger partial charge in [0.2, 0.25) is 10.0 Å². The van der Waals surface area contributed by atoms with E-state index in [1.807, 2.05) is 4.90 Å². The van der Waals surface area contributed by atoms with Gasteiger partial charge >= 0.3 is 12.1 Å². The van der Waals surface area contributed by atoms with E-state index in [-0.39, 0.29) is 16.2 Å². The van der Waals surface area contributed by atoms with E-state index in [1.54, 1.807) is 48.8 Å². The molecule has 0 atom stereocenters. The lowest BCUT2D eigenvalue weighted by Crippen LogP contribution is -2.51. The zero-order valence-corrected chi connectivity index (χ0v) is 18.6. The van der Waals surface area contributed by atoms with Gasteiger partial charge in [0.15, 0.2) is 0 Å². The van der Waals surface area contributed by atoms with Gasteiger partial charge in [0.1, 0.15) is 10.6 Å². The molecule has 34 heavy (non-hydrogen) atoms. The predicted molar refractivity (Wildman–Crippen MR) is 113 cm³/mol. The van der Waals surface area contributed by atoms with Crippen molar-refractivity contribution in [1.29, 1.82) is 0 Å². The summed E-state index contributed by atoms with van der Waals surface area (Å²) in [6, 6.07) is 10.1. The molecular formula is C21H22F3N3O6S. The third-order valence-corrected chi connectivity index (χ3v) is 7.03. The van der Waals surface area contributed by atoms with Crippen LogP contribution in [0.25, 0.3) is 0 Å². The molecule has 184 valence electrons. The summed E-state index contributed by atoms with van der Waals surface area (Å²) in [4.78, 5) is 27.4. The molecule has 1 fully saturated rings. The Morgan fingerprint density at radius 3 is 2.26 bits per heavy atom. The number of halogens is 3. The molecule has 3 heterocycles. The number of hydrogen-bond donors (Lipinski definition) is 2. The van der Waals surface area contributed by atoms with Crippen LogP contribution in [0.15, 0.2) is 53.7 Å². The van der Waals surface area contributed by atoms with Gasteiger partial charge in [-0.3, -0.25) is 9.78 Å². The molecule has 1 aromatic heterocycles. The number of carbonyl (C=O) groups is 2. The lowest BCUT2D eigenvalue weighted by molar-refractivity contribution is -0.192. The normalized spacial score (nSPS) is 18.9. The largest absolute Gasteiger partial charge is 0.492 e. The van der Waals surface area contributed by atoms with E-state index < -0.39 is 22.2 Å². The number of sulfonamides is 1. The fourth-order valence-electron chi connectivity index (χ4n) is 3.58. The number of alkyl halides is 3. The summed E-state index contributed by atoms with van der Waals surface area (Å²) in [6.45, 7) is 1.85. The van der Waals surface area contributed by atoms with Gasteiger partial charge < -0.3 is 14.7 Å². The Morgan fingerprint density at radius 2 is 1.68 bits per heavy atom. The highest BCUT2D eigenvalue weighted by atomic mass is 32.2. The SMILES string of the molecule is O=C(O)C(F)(F)F.O=C(c1ccncc1)N1CCC2(CC1)CNS(=O)(=O)c1ccccc1OC2. The summed E-state index contributed by atoms with van der Waals surface area (Å²) in [5.74, 6) is -2.41. The first-order valence-corrected chi connectivity index (χ1v) is 11.6. The topological polar surface area (TPSA) is 126 Å². The Balaban J connectivity index is 0.000000406. The standard InChI is InChI=1S/C19H21N3O4S.C2HF3O2/c23-18(15-5-9-20-10-6-15)22-11-7-19(8-12-22)13-21-27(24,25)17-4-2-1-3-16(17)26-14-19;3-2(4,5)1(6)7/h1-6,9-10,21H,7-8,11-14H2;(H,6,7). The molecule has 0 saturated carbocycles. The average Bonchev–Trinajstić information content (AvgIpc) is 2.81. The molecule has 13 heteroatoms. The van der Waals surface area contributed by atoms with Crippen molar-refractivity contribution in [3.63, 3.8) is 0 Å². The number of nitrogens with one attached hydrogen (secondary N) is 1. The number of carboxylic acids is 1. The second-order valence-electron chi connectivity index (χ2n) is 7.89. The molecule has 2 aliphatic heterocycles. The van der Waals surface area contributed by atoms with Crippen molar-refractivity contribution in [2.24, 2.45) is 5.41 Å². The smallest absolute Gasteiger partial charge is 0.490 e. The molecule has 1 amide bonds. The van der Waals surface area contributed by atoms with Crippen molar-refractivity contribution in [2.45, 2.75) is 23.9 Å². The molecule has 4 rings (SSSR count). The summed E-state index contributed by atoms with van der Waals surface area (Å²) in [5.41, 5.74) is 0.291. The zero-order valence-electron chi connectivity index (χ0n) is 17.8. The number of fused-ring (bicyclic) bond motifs is 1. The van der Waals surface area contributed by atoms with E-state index in [9.17, 15) is 26.4 Å². The summed E-state index contributed by atoms with van der Waals surface area (Å²) >= 11 is 0. The summed E-state index contributed by atoms with van der Waals surface area (Å²) in [6.07, 6.45) is -0.524. The van der Waals surface area contributed by atoms with Gasteiger partial charge in [-0.25, -0.2) is 17.9 Å². The monoisotopic (exact) mass is 501 g/mol. The molecule has 0 bridgehead atoms. The van der Waals surface area contributed by atoms with Crippen molar-refractivity contribution in [1.82, 2.24) is 14.6 Å². The third kappa shape index (κ3) is 6.03. The molecule has 1 aromatic carbocycles. The molecule has 1 spiro atoms. The molecule has 1 saturated heterocycles. The van der Waals surface area contributed by atoms with E-state index in [0.29, 0.717) is 50.4 Å². The molecule has 0 unspecified atom stereocenters. The van der Waals surface area contributed by atoms with E-state index in [2.05, 4.69) is 9.71 Å². The van der Waals surface area contributed by atoms with Gasteiger partial charge in [-0.1, -0.05) is 12.1 Å². The Kier molecular flexibility index (Phi) is 7.46. The maximum Gasteiger partial charge on any atom is 0.490 e. The average molecular weight is 501 g/mol. The number of piperidine rings is 1. The van der Waals surface area contributed by atoms with Crippen LogP contribution in [-0.2, 0) is 14.8 Å². The molecule has 9 nitrogen and oxygen atoms in total. The van der Waals surface area contributed by atoms with Gasteiger partial charge in [-0.05, 0) is 37.1 Å². The Bertz CT molecular complexity index is 1130. The zero-order chi connectivity index (χ0) is 25.0. The van der Waals surface area contributed by atoms with Gasteiger partial charge in [-0.2, -0.15) is 13.2 Å². The van der Waals surface area contributed by atoms with Crippen molar-refractivity contribution >= 4 is 21.9 Å². The number of nitrogens with zero attached hydrogens (tertiary/aromatic N) is 2. The highest BCUT2D eigenvalue weighted by Gasteiger charge is 2.40. The first-order chi connectivity index (χ1) is 15.9. The maximum absolute atomic E-state index is 12.6. The fourth-order valence-corrected chi connectivity index (χ4v) is 4.88. The lowest BCUT2D eigenvalue weighted by atomic mass is 9.79. The first kappa shape index (κ1) is 25.4. The number of aliphatic carboxylic acids is 1. The summed E-state index contributed by atoms with van der Waals surface area (Å²) in [5, 5.41) is 7.12. The minimum atomic E-state index is -5.08. The Labute approximate surface area is 193 Å². The number of pyridine rings is 1. The number of amides is 1. The third-order valence-electron chi connectivity index (χ3n) is 5.59. The summed E-state index contributed by atoms with van der Waals surface area (Å²) < 4.78 is 65.5. The summed E-state index contributed by atoms with van der Waals surface area (Å²) in [7, 11) is -3.61. The molecule has 0 radical (unpaired) electrons. The predicted octanol–water partition coefficient (Wildman–Crippen LogP) is 2.31. The minimum Gasteiger partial charge on any atom is -0.492 e. The number of ether oxygens (including phenoxy) is 1. The number of aromatic nitrogens is 1. The molecule has 2 N–H and O–H groups in total. The van der Waals surface area contributed by atoms with Crippen LogP contribution in [0.5, 0.6) is 5.75 Å². The van der Waals surface area contributed by atoms with E-state index in [0.717, 1.165) is 0 Å². The van der Waals surface area contributed by atoms with Crippen LogP contribution in [0.2, 0.25) is 0 Å². The van der Waals surface area contributed by atoms with Crippen LogP contribution >= 0.6 is 0 Å². The quantitative estimate of drug-likeness (QED) is 0.614. The highest BCUT2D eigenvalue weighted by Crippen LogP contribution is 2.36. The molecule has 2 aromatic rings. The number of para-hydroxylation sites is 1. The highest BCUT2D eigenvalue weighted by molar-refractivity contribution is 7.89. The van der Waals surface area contributed by atoms with Crippen LogP contribution in [0.4, 0.5) is 13.2 Å². The van der Waals surface area contributed by atoms with E-state index in [4.69, 9.17) is 14.6 Å². The van der Waals surface area contributed by atoms with Crippen LogP contribution in [0.1, 0.15) is 23.2 Å². The molecule has 0 aliphatic carbocycles. The number of rotatable bonds is 1. The minimum absolute atomic E-state index is 0.0232. The van der Waals surface area contributed by atoms with E-state index >= 15 is 0 Å².